The highest BCUT2D eigenvalue weighted by atomic mass is 32.1. The first-order chi connectivity index (χ1) is 9.29. The van der Waals surface area contributed by atoms with Gasteiger partial charge in [-0.1, -0.05) is 25.5 Å². The third-order valence-corrected chi connectivity index (χ3v) is 3.90. The van der Waals surface area contributed by atoms with Gasteiger partial charge in [0.25, 0.3) is 0 Å². The Morgan fingerprint density at radius 3 is 2.47 bits per heavy atom. The standard InChI is InChI=1S/C17H20OS/c1-3-4-5-6-13-18-16-10-8-15(9-11-16)17-12-7-14(2)19-17/h5-12H,3-4,13H2,1-2H3. The van der Waals surface area contributed by atoms with Crippen LogP contribution in [0, 0.1) is 6.92 Å². The molecule has 0 spiro atoms. The SMILES string of the molecule is CCCC=CCOc1ccc(-c2ccc(C)s2)cc1. The predicted molar refractivity (Wildman–Crippen MR) is 84.0 cm³/mol. The molecule has 2 heteroatoms. The molecule has 0 saturated carbocycles. The van der Waals surface area contributed by atoms with Gasteiger partial charge in [0, 0.05) is 9.75 Å². The van der Waals surface area contributed by atoms with E-state index in [1.165, 1.54) is 21.7 Å². The summed E-state index contributed by atoms with van der Waals surface area (Å²) in [4.78, 5) is 2.66. The van der Waals surface area contributed by atoms with Crippen LogP contribution in [0.1, 0.15) is 24.6 Å². The van der Waals surface area contributed by atoms with E-state index in [9.17, 15) is 0 Å². The van der Waals surface area contributed by atoms with Gasteiger partial charge in [-0.2, -0.15) is 0 Å². The molecule has 0 amide bonds. The molecule has 0 aliphatic rings. The summed E-state index contributed by atoms with van der Waals surface area (Å²) in [7, 11) is 0. The van der Waals surface area contributed by atoms with Gasteiger partial charge in [0.05, 0.1) is 0 Å². The van der Waals surface area contributed by atoms with Crippen molar-refractivity contribution in [2.45, 2.75) is 26.7 Å². The Labute approximate surface area is 119 Å². The van der Waals surface area contributed by atoms with Crippen LogP contribution < -0.4 is 4.74 Å². The summed E-state index contributed by atoms with van der Waals surface area (Å²) in [6, 6.07) is 12.6. The highest BCUT2D eigenvalue weighted by Crippen LogP contribution is 2.28. The summed E-state index contributed by atoms with van der Waals surface area (Å²) >= 11 is 1.82. The minimum absolute atomic E-state index is 0.650. The molecule has 1 heterocycles. The van der Waals surface area contributed by atoms with E-state index in [1.54, 1.807) is 0 Å². The van der Waals surface area contributed by atoms with Gasteiger partial charge >= 0.3 is 0 Å². The maximum atomic E-state index is 5.67. The number of hydrogen-bond donors (Lipinski definition) is 0. The maximum Gasteiger partial charge on any atom is 0.119 e. The van der Waals surface area contributed by atoms with Gasteiger partial charge in [0.15, 0.2) is 0 Å². The second-order valence-electron chi connectivity index (χ2n) is 4.51. The number of hydrogen-bond acceptors (Lipinski definition) is 2. The third kappa shape index (κ3) is 4.25. The van der Waals surface area contributed by atoms with Gasteiger partial charge in [-0.3, -0.25) is 0 Å². The Bertz CT molecular complexity index is 522. The molecule has 2 aromatic rings. The number of unbranched alkanes of at least 4 members (excludes halogenated alkanes) is 1. The molecule has 1 aromatic heterocycles. The van der Waals surface area contributed by atoms with Crippen LogP contribution in [0.4, 0.5) is 0 Å². The molecule has 0 atom stereocenters. The number of aryl methyl sites for hydroxylation is 1. The fraction of sp³-hybridized carbons (Fsp3) is 0.294. The number of allylic oxidation sites excluding steroid dienone is 1. The number of benzene rings is 1. The van der Waals surface area contributed by atoms with Gasteiger partial charge in [0.2, 0.25) is 0 Å². The number of rotatable bonds is 6. The number of thiophene rings is 1. The molecular weight excluding hydrogens is 252 g/mol. The summed E-state index contributed by atoms with van der Waals surface area (Å²) < 4.78 is 5.67. The molecule has 0 aliphatic carbocycles. The van der Waals surface area contributed by atoms with E-state index in [2.05, 4.69) is 50.3 Å². The molecule has 1 nitrogen and oxygen atoms in total. The van der Waals surface area contributed by atoms with Crippen LogP contribution in [0.5, 0.6) is 5.75 Å². The average Bonchev–Trinajstić information content (AvgIpc) is 2.86. The lowest BCUT2D eigenvalue weighted by molar-refractivity contribution is 0.362. The van der Waals surface area contributed by atoms with Crippen molar-refractivity contribution in [2.75, 3.05) is 6.61 Å². The molecule has 1 aromatic carbocycles. The van der Waals surface area contributed by atoms with Crippen molar-refractivity contribution in [1.82, 2.24) is 0 Å². The van der Waals surface area contributed by atoms with Crippen LogP contribution in [0.3, 0.4) is 0 Å². The van der Waals surface area contributed by atoms with Crippen molar-refractivity contribution in [1.29, 1.82) is 0 Å². The van der Waals surface area contributed by atoms with Crippen molar-refractivity contribution in [3.05, 3.63) is 53.4 Å². The molecule has 0 aliphatic heterocycles. The van der Waals surface area contributed by atoms with Crippen LogP contribution in [0.2, 0.25) is 0 Å². The molecule has 2 rings (SSSR count). The summed E-state index contributed by atoms with van der Waals surface area (Å²) in [5, 5.41) is 0. The van der Waals surface area contributed by atoms with Crippen molar-refractivity contribution < 1.29 is 4.74 Å². The van der Waals surface area contributed by atoms with Crippen molar-refractivity contribution in [3.63, 3.8) is 0 Å². The highest BCUT2D eigenvalue weighted by Gasteiger charge is 2.00. The molecule has 0 N–H and O–H groups in total. The van der Waals surface area contributed by atoms with Gasteiger partial charge in [0.1, 0.15) is 12.4 Å². The second kappa shape index (κ2) is 7.15. The Balaban J connectivity index is 1.91. The normalized spacial score (nSPS) is 11.1. The first kappa shape index (κ1) is 13.9. The fourth-order valence-electron chi connectivity index (χ4n) is 1.80. The van der Waals surface area contributed by atoms with Gasteiger partial charge in [-0.15, -0.1) is 11.3 Å². The average molecular weight is 272 g/mol. The minimum atomic E-state index is 0.650. The zero-order chi connectivity index (χ0) is 13.5. The maximum absolute atomic E-state index is 5.67. The third-order valence-electron chi connectivity index (χ3n) is 2.85. The second-order valence-corrected chi connectivity index (χ2v) is 5.79. The molecule has 100 valence electrons. The largest absolute Gasteiger partial charge is 0.490 e. The Morgan fingerprint density at radius 1 is 1.05 bits per heavy atom. The van der Waals surface area contributed by atoms with Gasteiger partial charge in [-0.05, 0) is 55.3 Å². The Kier molecular flexibility index (Phi) is 5.22. The fourth-order valence-corrected chi connectivity index (χ4v) is 2.67. The zero-order valence-corrected chi connectivity index (χ0v) is 12.4. The molecule has 0 unspecified atom stereocenters. The van der Waals surface area contributed by atoms with E-state index >= 15 is 0 Å². The lowest BCUT2D eigenvalue weighted by Gasteiger charge is -2.04. The van der Waals surface area contributed by atoms with Gasteiger partial charge < -0.3 is 4.74 Å². The molecule has 0 bridgehead atoms. The van der Waals surface area contributed by atoms with Crippen LogP contribution in [-0.2, 0) is 0 Å². The van der Waals surface area contributed by atoms with E-state index in [-0.39, 0.29) is 0 Å². The van der Waals surface area contributed by atoms with Crippen LogP contribution in [0.25, 0.3) is 10.4 Å². The first-order valence-corrected chi connectivity index (χ1v) is 7.56. The first-order valence-electron chi connectivity index (χ1n) is 6.74. The van der Waals surface area contributed by atoms with Crippen molar-refractivity contribution in [2.24, 2.45) is 0 Å². The molecular formula is C17H20OS. The van der Waals surface area contributed by atoms with Crippen LogP contribution in [0.15, 0.2) is 48.6 Å². The van der Waals surface area contributed by atoms with E-state index in [0.29, 0.717) is 6.61 Å². The lowest BCUT2D eigenvalue weighted by Crippen LogP contribution is -1.92. The van der Waals surface area contributed by atoms with Crippen LogP contribution >= 0.6 is 11.3 Å². The van der Waals surface area contributed by atoms with Crippen molar-refractivity contribution in [3.8, 4) is 16.2 Å². The summed E-state index contributed by atoms with van der Waals surface area (Å²) in [5.41, 5.74) is 1.26. The molecule has 0 radical (unpaired) electrons. The van der Waals surface area contributed by atoms with Gasteiger partial charge in [-0.25, -0.2) is 0 Å². The van der Waals surface area contributed by atoms with Crippen molar-refractivity contribution >= 4 is 11.3 Å². The van der Waals surface area contributed by atoms with E-state index in [1.807, 2.05) is 23.5 Å². The zero-order valence-electron chi connectivity index (χ0n) is 11.6. The Hall–Kier alpha value is -1.54. The monoisotopic (exact) mass is 272 g/mol. The summed E-state index contributed by atoms with van der Waals surface area (Å²) in [6.45, 7) is 4.96. The van der Waals surface area contributed by atoms with E-state index in [0.717, 1.165) is 12.2 Å². The van der Waals surface area contributed by atoms with E-state index < -0.39 is 0 Å². The Morgan fingerprint density at radius 2 is 1.84 bits per heavy atom. The topological polar surface area (TPSA) is 9.23 Å². The lowest BCUT2D eigenvalue weighted by atomic mass is 10.2. The quantitative estimate of drug-likeness (QED) is 0.635. The number of ether oxygens (including phenoxy) is 1. The molecule has 19 heavy (non-hydrogen) atoms. The van der Waals surface area contributed by atoms with E-state index in [4.69, 9.17) is 4.74 Å². The highest BCUT2D eigenvalue weighted by molar-refractivity contribution is 7.15. The molecule has 0 saturated heterocycles. The minimum Gasteiger partial charge on any atom is -0.490 e. The smallest absolute Gasteiger partial charge is 0.119 e. The summed E-state index contributed by atoms with van der Waals surface area (Å²) in [6.07, 6.45) is 6.56. The molecule has 0 fully saturated rings. The summed E-state index contributed by atoms with van der Waals surface area (Å²) in [5.74, 6) is 0.929. The van der Waals surface area contributed by atoms with Crippen LogP contribution in [-0.4, -0.2) is 6.61 Å². The predicted octanol–water partition coefficient (Wildman–Crippen LogP) is 5.46.